The largest absolute Gasteiger partial charge is 0.242 e. The van der Waals surface area contributed by atoms with Gasteiger partial charge in [0.25, 0.3) is 0 Å². The number of rotatable bonds is 3. The molecule has 19 heavy (non-hydrogen) atoms. The van der Waals surface area contributed by atoms with Crippen molar-refractivity contribution >= 4 is 33.4 Å². The monoisotopic (exact) mass is 316 g/mol. The molecule has 1 aromatic rings. The second-order valence-electron chi connectivity index (χ2n) is 4.29. The minimum atomic E-state index is -3.62. The van der Waals surface area contributed by atoms with Crippen molar-refractivity contribution in [1.29, 1.82) is 5.26 Å². The highest BCUT2D eigenvalue weighted by Gasteiger charge is 2.24. The van der Waals surface area contributed by atoms with Gasteiger partial charge >= 0.3 is 0 Å². The van der Waals surface area contributed by atoms with E-state index in [0.29, 0.717) is 5.56 Å². The molecule has 1 N–H and O–H groups in total. The number of hydrogen-bond donors (Lipinski definition) is 1. The van der Waals surface area contributed by atoms with Crippen LogP contribution in [-0.2, 0) is 10.0 Å². The lowest BCUT2D eigenvalue weighted by atomic mass is 10.2. The van der Waals surface area contributed by atoms with E-state index in [0.717, 1.165) is 24.3 Å². The lowest BCUT2D eigenvalue weighted by molar-refractivity contribution is 0.543. The lowest BCUT2D eigenvalue weighted by Crippen LogP contribution is -2.38. The van der Waals surface area contributed by atoms with Gasteiger partial charge in [-0.15, -0.1) is 0 Å². The minimum absolute atomic E-state index is 0.0312. The van der Waals surface area contributed by atoms with Crippen molar-refractivity contribution in [3.8, 4) is 6.07 Å². The average Bonchev–Trinajstić information content (AvgIpc) is 2.38. The van der Waals surface area contributed by atoms with Crippen molar-refractivity contribution in [2.24, 2.45) is 0 Å². The lowest BCUT2D eigenvalue weighted by Gasteiger charge is -2.22. The topological polar surface area (TPSA) is 70.0 Å². The molecule has 0 spiro atoms. The van der Waals surface area contributed by atoms with E-state index < -0.39 is 10.0 Å². The molecule has 1 fully saturated rings. The number of nitrogens with one attached hydrogen (secondary N) is 1. The fraction of sp³-hybridized carbons (Fsp3) is 0.417. The highest BCUT2D eigenvalue weighted by Crippen LogP contribution is 2.24. The zero-order valence-electron chi connectivity index (χ0n) is 10.1. The third-order valence-electron chi connectivity index (χ3n) is 2.83. The minimum Gasteiger partial charge on any atom is -0.207 e. The van der Waals surface area contributed by atoms with Crippen molar-refractivity contribution in [1.82, 2.24) is 4.72 Å². The van der Waals surface area contributed by atoms with Gasteiger partial charge in [-0.25, -0.2) is 13.1 Å². The molecule has 0 saturated carbocycles. The van der Waals surface area contributed by atoms with Crippen LogP contribution in [0.5, 0.6) is 0 Å². The van der Waals surface area contributed by atoms with Gasteiger partial charge in [0.2, 0.25) is 10.0 Å². The predicted molar refractivity (Wildman–Crippen MR) is 76.8 cm³/mol. The first-order valence-corrected chi connectivity index (χ1v) is 8.84. The van der Waals surface area contributed by atoms with Crippen LogP contribution in [0.1, 0.15) is 18.4 Å². The van der Waals surface area contributed by atoms with Gasteiger partial charge in [-0.2, -0.15) is 17.0 Å². The molecule has 1 aliphatic heterocycles. The normalized spacial score (nSPS) is 19.9. The van der Waals surface area contributed by atoms with Crippen LogP contribution in [0.15, 0.2) is 23.1 Å². The van der Waals surface area contributed by atoms with E-state index in [9.17, 15) is 8.42 Å². The Morgan fingerprint density at radius 1 is 1.47 bits per heavy atom. The highest BCUT2D eigenvalue weighted by atomic mass is 35.5. The molecule has 1 saturated heterocycles. The molecule has 1 heterocycles. The van der Waals surface area contributed by atoms with E-state index in [1.165, 1.54) is 18.2 Å². The van der Waals surface area contributed by atoms with E-state index in [1.54, 1.807) is 11.8 Å². The molecule has 4 nitrogen and oxygen atoms in total. The van der Waals surface area contributed by atoms with Crippen LogP contribution in [0.3, 0.4) is 0 Å². The van der Waals surface area contributed by atoms with Crippen LogP contribution in [0.25, 0.3) is 0 Å². The van der Waals surface area contributed by atoms with E-state index in [-0.39, 0.29) is 16.0 Å². The van der Waals surface area contributed by atoms with Crippen molar-refractivity contribution < 1.29 is 8.42 Å². The van der Waals surface area contributed by atoms with E-state index in [1.807, 2.05) is 6.07 Å². The number of nitrogens with zero attached hydrogens (tertiary/aromatic N) is 1. The van der Waals surface area contributed by atoms with Crippen LogP contribution in [-0.4, -0.2) is 26.0 Å². The molecule has 1 atom stereocenters. The SMILES string of the molecule is N#Cc1ccc(S(=O)(=O)NC2CCCSC2)c(Cl)c1. The molecule has 0 aliphatic carbocycles. The number of sulfonamides is 1. The van der Waals surface area contributed by atoms with Gasteiger partial charge in [0.1, 0.15) is 4.90 Å². The maximum atomic E-state index is 12.2. The van der Waals surface area contributed by atoms with Crippen molar-refractivity contribution in [2.75, 3.05) is 11.5 Å². The van der Waals surface area contributed by atoms with Crippen LogP contribution >= 0.6 is 23.4 Å². The molecule has 0 radical (unpaired) electrons. The molecule has 2 rings (SSSR count). The molecule has 102 valence electrons. The first-order chi connectivity index (χ1) is 9.03. The average molecular weight is 317 g/mol. The van der Waals surface area contributed by atoms with Gasteiger partial charge in [-0.3, -0.25) is 0 Å². The molecule has 7 heteroatoms. The first kappa shape index (κ1) is 14.7. The summed E-state index contributed by atoms with van der Waals surface area (Å²) in [4.78, 5) is 0.0312. The van der Waals surface area contributed by atoms with E-state index in [4.69, 9.17) is 16.9 Å². The van der Waals surface area contributed by atoms with Crippen LogP contribution < -0.4 is 4.72 Å². The molecular weight excluding hydrogens is 304 g/mol. The van der Waals surface area contributed by atoms with Crippen molar-refractivity contribution in [3.63, 3.8) is 0 Å². The van der Waals surface area contributed by atoms with Gasteiger partial charge in [-0.1, -0.05) is 11.6 Å². The summed E-state index contributed by atoms with van der Waals surface area (Å²) in [6.07, 6.45) is 1.86. The summed E-state index contributed by atoms with van der Waals surface area (Å²) in [5.41, 5.74) is 0.345. The number of nitriles is 1. The number of thioether (sulfide) groups is 1. The highest BCUT2D eigenvalue weighted by molar-refractivity contribution is 7.99. The van der Waals surface area contributed by atoms with Crippen molar-refractivity contribution in [2.45, 2.75) is 23.8 Å². The zero-order chi connectivity index (χ0) is 13.9. The van der Waals surface area contributed by atoms with Crippen molar-refractivity contribution in [3.05, 3.63) is 28.8 Å². The third-order valence-corrected chi connectivity index (χ3v) is 6.05. The molecule has 0 aromatic heterocycles. The summed E-state index contributed by atoms with van der Waals surface area (Å²) in [5.74, 6) is 1.86. The third kappa shape index (κ3) is 3.63. The fourth-order valence-corrected chi connectivity index (χ4v) is 4.90. The Morgan fingerprint density at radius 3 is 2.84 bits per heavy atom. The van der Waals surface area contributed by atoms with Crippen LogP contribution in [0.2, 0.25) is 5.02 Å². The Morgan fingerprint density at radius 2 is 2.26 bits per heavy atom. The quantitative estimate of drug-likeness (QED) is 0.929. The molecule has 0 bridgehead atoms. The van der Waals surface area contributed by atoms with Crippen LogP contribution in [0, 0.1) is 11.3 Å². The molecule has 0 amide bonds. The van der Waals surface area contributed by atoms with Gasteiger partial charge in [0.15, 0.2) is 0 Å². The number of hydrogen-bond acceptors (Lipinski definition) is 4. The molecule has 1 aromatic carbocycles. The standard InChI is InChI=1S/C12H13ClN2O2S2/c13-11-6-9(7-14)3-4-12(11)19(16,17)15-10-2-1-5-18-8-10/h3-4,6,10,15H,1-2,5,8H2. The molecular formula is C12H13ClN2O2S2. The summed E-state index contributed by atoms with van der Waals surface area (Å²) in [6, 6.07) is 6.07. The zero-order valence-corrected chi connectivity index (χ0v) is 12.5. The fourth-order valence-electron chi connectivity index (χ4n) is 1.90. The maximum absolute atomic E-state index is 12.2. The summed E-state index contributed by atoms with van der Waals surface area (Å²) in [7, 11) is -3.62. The summed E-state index contributed by atoms with van der Waals surface area (Å²) in [5, 5.41) is 8.82. The summed E-state index contributed by atoms with van der Waals surface area (Å²) < 4.78 is 27.1. The Kier molecular flexibility index (Phi) is 4.74. The smallest absolute Gasteiger partial charge is 0.207 e. The Labute approximate surface area is 122 Å². The van der Waals surface area contributed by atoms with Gasteiger partial charge in [0, 0.05) is 11.8 Å². The number of benzene rings is 1. The summed E-state index contributed by atoms with van der Waals surface area (Å²) >= 11 is 7.68. The predicted octanol–water partition coefficient (Wildman–Crippen LogP) is 2.39. The Balaban J connectivity index is 2.22. The van der Waals surface area contributed by atoms with Gasteiger partial charge in [-0.05, 0) is 36.8 Å². The second-order valence-corrected chi connectivity index (χ2v) is 7.53. The Bertz CT molecular complexity index is 605. The van der Waals surface area contributed by atoms with E-state index >= 15 is 0 Å². The van der Waals surface area contributed by atoms with Crippen LogP contribution in [0.4, 0.5) is 0 Å². The summed E-state index contributed by atoms with van der Waals surface area (Å²) in [6.45, 7) is 0. The second kappa shape index (κ2) is 6.14. The van der Waals surface area contributed by atoms with E-state index in [2.05, 4.69) is 4.72 Å². The maximum Gasteiger partial charge on any atom is 0.242 e. The molecule has 1 unspecified atom stereocenters. The first-order valence-electron chi connectivity index (χ1n) is 5.82. The number of halogens is 1. The van der Waals surface area contributed by atoms with Gasteiger partial charge < -0.3 is 0 Å². The van der Waals surface area contributed by atoms with Gasteiger partial charge in [0.05, 0.1) is 16.7 Å². The Hall–Kier alpha value is -0.740. The molecule has 1 aliphatic rings.